The lowest BCUT2D eigenvalue weighted by molar-refractivity contribution is -0.139. The van der Waals surface area contributed by atoms with E-state index in [0.717, 1.165) is 11.1 Å². The van der Waals surface area contributed by atoms with Gasteiger partial charge in [-0.2, -0.15) is 0 Å². The molecule has 0 saturated heterocycles. The van der Waals surface area contributed by atoms with Crippen molar-refractivity contribution in [2.75, 3.05) is 19.1 Å². The number of hydrogen-bond acceptors (Lipinski definition) is 6. The van der Waals surface area contributed by atoms with E-state index in [1.54, 1.807) is 35.6 Å². The van der Waals surface area contributed by atoms with E-state index in [1.807, 2.05) is 48.6 Å². The predicted octanol–water partition coefficient (Wildman–Crippen LogP) is 3.74. The second kappa shape index (κ2) is 9.32. The lowest BCUT2D eigenvalue weighted by Gasteiger charge is -2.23. The van der Waals surface area contributed by atoms with Gasteiger partial charge >= 0.3 is 11.9 Å². The maximum Gasteiger partial charge on any atom is 0.355 e. The van der Waals surface area contributed by atoms with Gasteiger partial charge in [-0.05, 0) is 47.5 Å². The predicted molar refractivity (Wildman–Crippen MR) is 111 cm³/mol. The first-order chi connectivity index (χ1) is 14.1. The maximum atomic E-state index is 12.5. The van der Waals surface area contributed by atoms with Crippen LogP contribution in [-0.2, 0) is 19.1 Å². The molecule has 0 fully saturated rings. The summed E-state index contributed by atoms with van der Waals surface area (Å²) in [5.74, 6) is -1.26. The van der Waals surface area contributed by atoms with E-state index in [0.29, 0.717) is 5.69 Å². The topological polar surface area (TPSA) is 68.7 Å². The highest BCUT2D eigenvalue weighted by Crippen LogP contribution is 2.27. The Morgan fingerprint density at radius 2 is 1.66 bits per heavy atom. The van der Waals surface area contributed by atoms with E-state index < -0.39 is 11.9 Å². The molecule has 146 valence electrons. The summed E-state index contributed by atoms with van der Waals surface area (Å²) in [5, 5.41) is 0. The minimum atomic E-state index is -0.640. The molecule has 0 spiro atoms. The van der Waals surface area contributed by atoms with Crippen LogP contribution in [-0.4, -0.2) is 31.1 Å². The summed E-state index contributed by atoms with van der Waals surface area (Å²) in [6, 6.07) is 11.4. The first-order valence-electron chi connectivity index (χ1n) is 8.87. The lowest BCUT2D eigenvalue weighted by atomic mass is 10.1. The monoisotopic (exact) mass is 388 g/mol. The fraction of sp³-hybridized carbons (Fsp3) is 0.0870. The van der Waals surface area contributed by atoms with E-state index in [2.05, 4.69) is 4.98 Å². The number of hydrogen-bond donors (Lipinski definition) is 0. The SMILES string of the molecule is COC(=O)C1=C(C(=O)OC)N(c2cccc(C=Cc3ccncc3)c2)C=CC=C1. The molecular weight excluding hydrogens is 368 g/mol. The van der Waals surface area contributed by atoms with Gasteiger partial charge in [0.15, 0.2) is 0 Å². The summed E-state index contributed by atoms with van der Waals surface area (Å²) in [7, 11) is 2.54. The van der Waals surface area contributed by atoms with Crippen molar-refractivity contribution in [3.05, 3.63) is 95.6 Å². The third kappa shape index (κ3) is 4.68. The normalized spacial score (nSPS) is 13.5. The zero-order valence-electron chi connectivity index (χ0n) is 16.1. The second-order valence-corrected chi connectivity index (χ2v) is 6.02. The average Bonchev–Trinajstić information content (AvgIpc) is 3.00. The molecule has 0 unspecified atom stereocenters. The number of esters is 2. The van der Waals surface area contributed by atoms with Gasteiger partial charge in [0.05, 0.1) is 19.8 Å². The van der Waals surface area contributed by atoms with Crippen LogP contribution in [0.3, 0.4) is 0 Å². The van der Waals surface area contributed by atoms with E-state index in [-0.39, 0.29) is 11.3 Å². The molecule has 6 nitrogen and oxygen atoms in total. The van der Waals surface area contributed by atoms with Crippen LogP contribution in [0.4, 0.5) is 5.69 Å². The lowest BCUT2D eigenvalue weighted by Crippen LogP contribution is -2.26. The Labute approximate surface area is 169 Å². The number of pyridine rings is 1. The van der Waals surface area contributed by atoms with Crippen molar-refractivity contribution in [2.24, 2.45) is 0 Å². The third-order valence-corrected chi connectivity index (χ3v) is 4.21. The number of benzene rings is 1. The summed E-state index contributed by atoms with van der Waals surface area (Å²) in [5.41, 5.74) is 2.84. The number of nitrogens with zero attached hydrogens (tertiary/aromatic N) is 2. The Balaban J connectivity index is 2.02. The minimum Gasteiger partial charge on any atom is -0.465 e. The Morgan fingerprint density at radius 1 is 0.931 bits per heavy atom. The summed E-state index contributed by atoms with van der Waals surface area (Å²) >= 11 is 0. The van der Waals surface area contributed by atoms with Gasteiger partial charge in [-0.3, -0.25) is 4.98 Å². The zero-order valence-corrected chi connectivity index (χ0v) is 16.1. The molecule has 29 heavy (non-hydrogen) atoms. The van der Waals surface area contributed by atoms with Gasteiger partial charge in [0.2, 0.25) is 0 Å². The number of carbonyl (C=O) groups is 2. The first-order valence-corrected chi connectivity index (χ1v) is 8.87. The van der Waals surface area contributed by atoms with E-state index in [1.165, 1.54) is 20.3 Å². The van der Waals surface area contributed by atoms with Crippen molar-refractivity contribution < 1.29 is 19.1 Å². The largest absolute Gasteiger partial charge is 0.465 e. The minimum absolute atomic E-state index is 0.0830. The molecule has 0 amide bonds. The standard InChI is InChI=1S/C23H20N2O4/c1-28-22(26)20-8-3-4-15-25(21(20)23(27)29-2)19-7-5-6-18(16-19)10-9-17-11-13-24-14-12-17/h3-16H,1-2H3. The van der Waals surface area contributed by atoms with Gasteiger partial charge in [-0.15, -0.1) is 0 Å². The fourth-order valence-electron chi connectivity index (χ4n) is 2.81. The number of methoxy groups -OCH3 is 2. The Hall–Kier alpha value is -3.93. The number of aromatic nitrogens is 1. The molecule has 0 N–H and O–H groups in total. The fourth-order valence-corrected chi connectivity index (χ4v) is 2.81. The van der Waals surface area contributed by atoms with Crippen LogP contribution in [0.1, 0.15) is 11.1 Å². The summed E-state index contributed by atoms with van der Waals surface area (Å²) in [6.07, 6.45) is 14.0. The summed E-state index contributed by atoms with van der Waals surface area (Å²) < 4.78 is 9.76. The molecule has 1 aromatic carbocycles. The third-order valence-electron chi connectivity index (χ3n) is 4.21. The molecule has 0 aliphatic carbocycles. The molecule has 6 heteroatoms. The molecule has 3 rings (SSSR count). The van der Waals surface area contributed by atoms with Gasteiger partial charge in [0, 0.05) is 24.3 Å². The van der Waals surface area contributed by atoms with Crippen LogP contribution >= 0.6 is 0 Å². The molecule has 1 aliphatic heterocycles. The van der Waals surface area contributed by atoms with Gasteiger partial charge in [-0.25, -0.2) is 9.59 Å². The number of rotatable bonds is 5. The summed E-state index contributed by atoms with van der Waals surface area (Å²) in [4.78, 5) is 30.4. The van der Waals surface area contributed by atoms with Gasteiger partial charge in [-0.1, -0.05) is 30.4 Å². The van der Waals surface area contributed by atoms with Crippen LogP contribution in [0, 0.1) is 0 Å². The highest BCUT2D eigenvalue weighted by molar-refractivity contribution is 6.05. The average molecular weight is 388 g/mol. The van der Waals surface area contributed by atoms with Crippen molar-refractivity contribution in [3.8, 4) is 0 Å². The van der Waals surface area contributed by atoms with Gasteiger partial charge < -0.3 is 14.4 Å². The van der Waals surface area contributed by atoms with Crippen LogP contribution in [0.5, 0.6) is 0 Å². The number of anilines is 1. The zero-order chi connectivity index (χ0) is 20.6. The molecule has 1 aromatic heterocycles. The Kier molecular flexibility index (Phi) is 6.37. The highest BCUT2D eigenvalue weighted by Gasteiger charge is 2.27. The molecule has 1 aliphatic rings. The van der Waals surface area contributed by atoms with Crippen molar-refractivity contribution in [1.29, 1.82) is 0 Å². The van der Waals surface area contributed by atoms with Crippen molar-refractivity contribution >= 4 is 29.8 Å². The van der Waals surface area contributed by atoms with Crippen LogP contribution in [0.25, 0.3) is 12.2 Å². The molecule has 0 saturated carbocycles. The van der Waals surface area contributed by atoms with Gasteiger partial charge in [0.1, 0.15) is 5.70 Å². The summed E-state index contributed by atoms with van der Waals surface area (Å²) in [6.45, 7) is 0. The smallest absolute Gasteiger partial charge is 0.355 e. The molecular formula is C23H20N2O4. The molecule has 0 atom stereocenters. The molecule has 2 aromatic rings. The maximum absolute atomic E-state index is 12.5. The van der Waals surface area contributed by atoms with Crippen LogP contribution in [0.2, 0.25) is 0 Å². The van der Waals surface area contributed by atoms with Crippen LogP contribution < -0.4 is 4.90 Å². The Morgan fingerprint density at radius 3 is 2.38 bits per heavy atom. The van der Waals surface area contributed by atoms with Crippen molar-refractivity contribution in [1.82, 2.24) is 4.98 Å². The van der Waals surface area contributed by atoms with E-state index in [4.69, 9.17) is 9.47 Å². The number of allylic oxidation sites excluding steroid dienone is 2. The highest BCUT2D eigenvalue weighted by atomic mass is 16.5. The number of carbonyl (C=O) groups excluding carboxylic acids is 2. The van der Waals surface area contributed by atoms with Crippen molar-refractivity contribution in [2.45, 2.75) is 0 Å². The van der Waals surface area contributed by atoms with Gasteiger partial charge in [0.25, 0.3) is 0 Å². The van der Waals surface area contributed by atoms with E-state index in [9.17, 15) is 9.59 Å². The second-order valence-electron chi connectivity index (χ2n) is 6.02. The molecule has 0 radical (unpaired) electrons. The molecule has 0 bridgehead atoms. The molecule has 2 heterocycles. The van der Waals surface area contributed by atoms with Crippen LogP contribution in [0.15, 0.2) is 84.5 Å². The first kappa shape index (κ1) is 19.8. The Bertz CT molecular complexity index is 1020. The van der Waals surface area contributed by atoms with E-state index >= 15 is 0 Å². The quantitative estimate of drug-likeness (QED) is 0.727. The van der Waals surface area contributed by atoms with Crippen molar-refractivity contribution in [3.63, 3.8) is 0 Å². The number of ether oxygens (including phenoxy) is 2.